The molecule has 4 aromatic carbocycles. The second kappa shape index (κ2) is 10.5. The number of nitrogens with one attached hydrogen (secondary N) is 1. The van der Waals surface area contributed by atoms with Gasteiger partial charge in [0.15, 0.2) is 0 Å². The Bertz CT molecular complexity index is 2000. The molecule has 1 fully saturated rings. The predicted octanol–water partition coefficient (Wildman–Crippen LogP) is 6.12. The van der Waals surface area contributed by atoms with Gasteiger partial charge in [-0.25, -0.2) is 9.37 Å². The van der Waals surface area contributed by atoms with Gasteiger partial charge in [-0.2, -0.15) is 0 Å². The van der Waals surface area contributed by atoms with Crippen LogP contribution in [0.1, 0.15) is 35.7 Å². The molecule has 1 saturated heterocycles. The van der Waals surface area contributed by atoms with E-state index < -0.39 is 16.8 Å². The number of H-pyrrole nitrogens is 1. The zero-order valence-corrected chi connectivity index (χ0v) is 23.8. The van der Waals surface area contributed by atoms with E-state index in [1.807, 2.05) is 42.5 Å². The van der Waals surface area contributed by atoms with Crippen LogP contribution in [0.5, 0.6) is 5.75 Å². The van der Waals surface area contributed by atoms with Crippen LogP contribution in [0.4, 0.5) is 4.39 Å². The van der Waals surface area contributed by atoms with Crippen molar-refractivity contribution in [3.8, 4) is 16.9 Å². The minimum atomic E-state index is -1.83. The van der Waals surface area contributed by atoms with Crippen LogP contribution in [0.25, 0.3) is 32.9 Å². The minimum absolute atomic E-state index is 0.00864. The molecule has 2 aromatic heterocycles. The molecule has 0 bridgehead atoms. The first-order chi connectivity index (χ1) is 20.8. The van der Waals surface area contributed by atoms with Crippen LogP contribution in [-0.2, 0) is 5.44 Å². The van der Waals surface area contributed by atoms with Crippen molar-refractivity contribution in [3.63, 3.8) is 0 Å². The molecule has 0 amide bonds. The van der Waals surface area contributed by atoms with E-state index in [4.69, 9.17) is 7.85 Å². The fourth-order valence-electron chi connectivity index (χ4n) is 6.31. The summed E-state index contributed by atoms with van der Waals surface area (Å²) in [5.41, 5.74) is 2.54. The summed E-state index contributed by atoms with van der Waals surface area (Å²) in [6.07, 6.45) is 3.92. The Kier molecular flexibility index (Phi) is 6.66. The Balaban J connectivity index is 1.31. The van der Waals surface area contributed by atoms with E-state index in [9.17, 15) is 14.3 Å². The van der Waals surface area contributed by atoms with Gasteiger partial charge in [0.1, 0.15) is 25.2 Å². The third-order valence-corrected chi connectivity index (χ3v) is 8.84. The summed E-state index contributed by atoms with van der Waals surface area (Å²) in [4.78, 5) is 24.3. The van der Waals surface area contributed by atoms with Crippen molar-refractivity contribution in [1.29, 1.82) is 0 Å². The van der Waals surface area contributed by atoms with Gasteiger partial charge in [-0.1, -0.05) is 42.5 Å². The standard InChI is InChI=1S/C35H30BFN4O2/c1-40-17-14-24(15-18-40)22-6-8-23(9-7-22)25-10-12-28-26(20-25)16-19-41(33(28)43)35(36,29-21-27(37)11-13-32(29)42)34-38-30-4-2-3-5-31(30)39-34/h2-13,16,19-21,24,42H,14-15,17-18H2,1H3,(H,38,39). The monoisotopic (exact) mass is 568 g/mol. The summed E-state index contributed by atoms with van der Waals surface area (Å²) in [5.74, 6) is -0.0760. The van der Waals surface area contributed by atoms with Gasteiger partial charge < -0.3 is 19.6 Å². The molecule has 0 saturated carbocycles. The number of aromatic hydroxyl groups is 1. The van der Waals surface area contributed by atoms with Gasteiger partial charge in [0, 0.05) is 17.1 Å². The largest absolute Gasteiger partial charge is 0.508 e. The van der Waals surface area contributed by atoms with Crippen molar-refractivity contribution in [2.24, 2.45) is 0 Å². The average molecular weight is 568 g/mol. The number of hydrogen-bond acceptors (Lipinski definition) is 4. The molecule has 6 nitrogen and oxygen atoms in total. The number of phenols is 1. The highest BCUT2D eigenvalue weighted by atomic mass is 19.1. The molecule has 0 aliphatic carbocycles. The molecular weight excluding hydrogens is 538 g/mol. The molecule has 0 spiro atoms. The van der Waals surface area contributed by atoms with Gasteiger partial charge in [-0.05, 0) is 110 Å². The number of fused-ring (bicyclic) bond motifs is 2. The number of imidazole rings is 1. The van der Waals surface area contributed by atoms with Gasteiger partial charge in [0.25, 0.3) is 5.56 Å². The summed E-state index contributed by atoms with van der Waals surface area (Å²) in [6, 6.07) is 27.1. The lowest BCUT2D eigenvalue weighted by molar-refractivity contribution is 0.255. The Morgan fingerprint density at radius 3 is 2.47 bits per heavy atom. The second-order valence-electron chi connectivity index (χ2n) is 11.5. The lowest BCUT2D eigenvalue weighted by atomic mass is 9.70. The first-order valence-electron chi connectivity index (χ1n) is 14.5. The number of piperidine rings is 1. The number of halogens is 1. The molecule has 1 aliphatic rings. The first-order valence-corrected chi connectivity index (χ1v) is 14.5. The zero-order chi connectivity index (χ0) is 29.7. The molecule has 3 heterocycles. The van der Waals surface area contributed by atoms with Gasteiger partial charge in [-0.3, -0.25) is 4.79 Å². The normalized spacial score (nSPS) is 16.0. The summed E-state index contributed by atoms with van der Waals surface area (Å²) in [5, 5.41) is 12.0. The van der Waals surface area contributed by atoms with E-state index in [0.29, 0.717) is 22.3 Å². The van der Waals surface area contributed by atoms with Crippen LogP contribution in [0, 0.1) is 5.82 Å². The Hall–Kier alpha value is -4.69. The van der Waals surface area contributed by atoms with E-state index in [2.05, 4.69) is 46.2 Å². The fraction of sp³-hybridized carbons (Fsp3) is 0.200. The van der Waals surface area contributed by atoms with Gasteiger partial charge in [-0.15, -0.1) is 0 Å². The van der Waals surface area contributed by atoms with Crippen LogP contribution < -0.4 is 5.56 Å². The molecule has 2 radical (unpaired) electrons. The maximum atomic E-state index is 14.5. The van der Waals surface area contributed by atoms with E-state index in [0.717, 1.165) is 41.7 Å². The van der Waals surface area contributed by atoms with E-state index >= 15 is 0 Å². The van der Waals surface area contributed by atoms with Crippen LogP contribution in [0.2, 0.25) is 0 Å². The highest BCUT2D eigenvalue weighted by molar-refractivity contribution is 6.18. The Labute approximate surface area is 249 Å². The SMILES string of the molecule is [B]C(c1nc2ccccc2[nH]1)(c1cc(F)ccc1O)n1ccc2cc(-c3ccc(C4CCN(C)CC4)cc3)ccc2c1=O. The molecule has 6 aromatic rings. The summed E-state index contributed by atoms with van der Waals surface area (Å²) < 4.78 is 15.8. The van der Waals surface area contributed by atoms with Crippen molar-refractivity contribution in [2.75, 3.05) is 20.1 Å². The smallest absolute Gasteiger partial charge is 0.258 e. The molecule has 8 heteroatoms. The van der Waals surface area contributed by atoms with Crippen LogP contribution in [-0.4, -0.2) is 52.5 Å². The maximum Gasteiger partial charge on any atom is 0.258 e. The lowest BCUT2D eigenvalue weighted by Crippen LogP contribution is -2.44. The fourth-order valence-corrected chi connectivity index (χ4v) is 6.31. The van der Waals surface area contributed by atoms with Gasteiger partial charge in [0.2, 0.25) is 0 Å². The zero-order valence-electron chi connectivity index (χ0n) is 23.8. The average Bonchev–Trinajstić information content (AvgIpc) is 3.48. The van der Waals surface area contributed by atoms with E-state index in [-0.39, 0.29) is 17.1 Å². The highest BCUT2D eigenvalue weighted by Gasteiger charge is 2.37. The van der Waals surface area contributed by atoms with Crippen LogP contribution in [0.3, 0.4) is 0 Å². The number of para-hydroxylation sites is 2. The number of rotatable bonds is 5. The summed E-state index contributed by atoms with van der Waals surface area (Å²) in [7, 11) is 9.20. The number of benzene rings is 4. The molecule has 1 unspecified atom stereocenters. The third-order valence-electron chi connectivity index (χ3n) is 8.84. The maximum absolute atomic E-state index is 14.5. The van der Waals surface area contributed by atoms with Crippen molar-refractivity contribution < 1.29 is 9.50 Å². The number of aromatic nitrogens is 3. The number of phenolic OH excluding ortho intramolecular Hbond substituents is 1. The van der Waals surface area contributed by atoms with E-state index in [1.165, 1.54) is 29.0 Å². The van der Waals surface area contributed by atoms with Crippen molar-refractivity contribution >= 4 is 29.7 Å². The predicted molar refractivity (Wildman–Crippen MR) is 169 cm³/mol. The quantitative estimate of drug-likeness (QED) is 0.246. The first kappa shape index (κ1) is 27.2. The number of likely N-dealkylation sites (tertiary alicyclic amines) is 1. The van der Waals surface area contributed by atoms with Crippen LogP contribution in [0.15, 0.2) is 102 Å². The summed E-state index contributed by atoms with van der Waals surface area (Å²) >= 11 is 0. The number of nitrogens with zero attached hydrogens (tertiary/aromatic N) is 3. The third kappa shape index (κ3) is 4.72. The molecule has 1 aliphatic heterocycles. The number of aromatic amines is 1. The molecule has 7 rings (SSSR count). The molecule has 43 heavy (non-hydrogen) atoms. The highest BCUT2D eigenvalue weighted by Crippen LogP contribution is 2.36. The van der Waals surface area contributed by atoms with Crippen LogP contribution >= 0.6 is 0 Å². The minimum Gasteiger partial charge on any atom is -0.508 e. The van der Waals surface area contributed by atoms with Crippen molar-refractivity contribution in [2.45, 2.75) is 24.2 Å². The van der Waals surface area contributed by atoms with E-state index in [1.54, 1.807) is 12.3 Å². The molecular formula is C35H30BFN4O2. The van der Waals surface area contributed by atoms with Crippen molar-refractivity contribution in [1.82, 2.24) is 19.4 Å². The summed E-state index contributed by atoms with van der Waals surface area (Å²) in [6.45, 7) is 2.24. The molecule has 2 N–H and O–H groups in total. The lowest BCUT2D eigenvalue weighted by Gasteiger charge is -2.32. The Morgan fingerprint density at radius 2 is 1.70 bits per heavy atom. The van der Waals surface area contributed by atoms with Gasteiger partial charge in [0.05, 0.1) is 16.5 Å². The Morgan fingerprint density at radius 1 is 0.953 bits per heavy atom. The number of hydrogen-bond donors (Lipinski definition) is 2. The molecule has 1 atom stereocenters. The number of pyridine rings is 1. The second-order valence-corrected chi connectivity index (χ2v) is 11.5. The van der Waals surface area contributed by atoms with Gasteiger partial charge >= 0.3 is 0 Å². The van der Waals surface area contributed by atoms with Crippen molar-refractivity contribution in [3.05, 3.63) is 130 Å². The topological polar surface area (TPSA) is 74.2 Å². The molecule has 212 valence electrons.